The fourth-order valence-corrected chi connectivity index (χ4v) is 2.69. The molecule has 1 unspecified atom stereocenters. The fourth-order valence-electron chi connectivity index (χ4n) is 2.69. The van der Waals surface area contributed by atoms with Crippen LogP contribution in [0.5, 0.6) is 0 Å². The molecule has 0 aliphatic rings. The van der Waals surface area contributed by atoms with Gasteiger partial charge in [-0.15, -0.1) is 0 Å². The van der Waals surface area contributed by atoms with Crippen molar-refractivity contribution in [2.75, 3.05) is 6.54 Å². The van der Waals surface area contributed by atoms with E-state index in [9.17, 15) is 0 Å². The van der Waals surface area contributed by atoms with Crippen molar-refractivity contribution in [3.63, 3.8) is 0 Å². The Morgan fingerprint density at radius 1 is 1.00 bits per heavy atom. The summed E-state index contributed by atoms with van der Waals surface area (Å²) in [5, 5.41) is 3.63. The van der Waals surface area contributed by atoms with Gasteiger partial charge in [0.25, 0.3) is 0 Å². The molecule has 0 aromatic heterocycles. The molecular weight excluding hydrogens is 242 g/mol. The quantitative estimate of drug-likeness (QED) is 0.837. The van der Waals surface area contributed by atoms with E-state index in [0.29, 0.717) is 0 Å². The van der Waals surface area contributed by atoms with Crippen LogP contribution < -0.4 is 5.32 Å². The molecule has 2 aromatic carbocycles. The maximum Gasteiger partial charge on any atom is 0.0579 e. The molecule has 106 valence electrons. The second-order valence-corrected chi connectivity index (χ2v) is 5.38. The number of hydrogen-bond acceptors (Lipinski definition) is 1. The number of aryl methyl sites for hydroxylation is 2. The molecule has 1 heteroatoms. The topological polar surface area (TPSA) is 12.0 Å². The predicted octanol–water partition coefficient (Wildman–Crippen LogP) is 4.56. The molecule has 0 saturated carbocycles. The van der Waals surface area contributed by atoms with Gasteiger partial charge in [0.15, 0.2) is 0 Å². The van der Waals surface area contributed by atoms with Gasteiger partial charge in [-0.2, -0.15) is 0 Å². The Hall–Kier alpha value is -1.60. The van der Waals surface area contributed by atoms with Crippen LogP contribution >= 0.6 is 0 Å². The lowest BCUT2D eigenvalue weighted by Crippen LogP contribution is -2.23. The van der Waals surface area contributed by atoms with Crippen LogP contribution in [0.1, 0.15) is 47.7 Å². The van der Waals surface area contributed by atoms with Crippen LogP contribution in [-0.4, -0.2) is 6.54 Å². The highest BCUT2D eigenvalue weighted by molar-refractivity contribution is 5.41. The second kappa shape index (κ2) is 6.71. The summed E-state index contributed by atoms with van der Waals surface area (Å²) in [5.41, 5.74) is 6.90. The van der Waals surface area contributed by atoms with Crippen LogP contribution in [0.25, 0.3) is 0 Å². The lowest BCUT2D eigenvalue weighted by molar-refractivity contribution is 0.626. The van der Waals surface area contributed by atoms with Crippen LogP contribution in [0.3, 0.4) is 0 Å². The summed E-state index contributed by atoms with van der Waals surface area (Å²) < 4.78 is 0. The predicted molar refractivity (Wildman–Crippen MR) is 87.3 cm³/mol. The molecule has 0 radical (unpaired) electrons. The molecule has 20 heavy (non-hydrogen) atoms. The van der Waals surface area contributed by atoms with Crippen molar-refractivity contribution in [2.45, 2.75) is 40.2 Å². The van der Waals surface area contributed by atoms with Crippen molar-refractivity contribution in [2.24, 2.45) is 0 Å². The van der Waals surface area contributed by atoms with Gasteiger partial charge in [0.2, 0.25) is 0 Å². The van der Waals surface area contributed by atoms with Crippen molar-refractivity contribution >= 4 is 0 Å². The van der Waals surface area contributed by atoms with Gasteiger partial charge in [-0.05, 0) is 54.6 Å². The molecular formula is C19H25N. The van der Waals surface area contributed by atoms with Gasteiger partial charge in [0, 0.05) is 0 Å². The Labute approximate surface area is 123 Å². The van der Waals surface area contributed by atoms with Crippen LogP contribution in [0.15, 0.2) is 42.5 Å². The monoisotopic (exact) mass is 267 g/mol. The summed E-state index contributed by atoms with van der Waals surface area (Å²) in [6.45, 7) is 9.75. The summed E-state index contributed by atoms with van der Waals surface area (Å²) in [5.74, 6) is 0. The molecule has 0 aliphatic carbocycles. The summed E-state index contributed by atoms with van der Waals surface area (Å²) in [6, 6.07) is 15.8. The first-order valence-electron chi connectivity index (χ1n) is 7.55. The third-order valence-electron chi connectivity index (χ3n) is 4.06. The Kier molecular flexibility index (Phi) is 4.97. The third kappa shape index (κ3) is 3.10. The zero-order valence-electron chi connectivity index (χ0n) is 13.0. The van der Waals surface area contributed by atoms with Gasteiger partial charge >= 0.3 is 0 Å². The molecule has 1 N–H and O–H groups in total. The van der Waals surface area contributed by atoms with E-state index in [-0.39, 0.29) is 6.04 Å². The SMILES string of the molecule is CCNC(c1cccc(CC)c1)c1cccc(C)c1C. The second-order valence-electron chi connectivity index (χ2n) is 5.38. The molecule has 0 fully saturated rings. The minimum atomic E-state index is 0.284. The van der Waals surface area contributed by atoms with Crippen LogP contribution in [0.2, 0.25) is 0 Å². The Morgan fingerprint density at radius 3 is 2.45 bits per heavy atom. The highest BCUT2D eigenvalue weighted by Crippen LogP contribution is 2.27. The van der Waals surface area contributed by atoms with E-state index in [4.69, 9.17) is 0 Å². The molecule has 0 saturated heterocycles. The molecule has 2 rings (SSSR count). The number of hydrogen-bond donors (Lipinski definition) is 1. The maximum absolute atomic E-state index is 3.63. The molecule has 0 bridgehead atoms. The van der Waals surface area contributed by atoms with Crippen molar-refractivity contribution in [1.29, 1.82) is 0 Å². The summed E-state index contributed by atoms with van der Waals surface area (Å²) in [6.07, 6.45) is 1.08. The first-order valence-corrected chi connectivity index (χ1v) is 7.55. The van der Waals surface area contributed by atoms with Gasteiger partial charge in [-0.3, -0.25) is 0 Å². The van der Waals surface area contributed by atoms with E-state index in [0.717, 1.165) is 13.0 Å². The van der Waals surface area contributed by atoms with Gasteiger partial charge in [-0.25, -0.2) is 0 Å². The number of nitrogens with one attached hydrogen (secondary N) is 1. The maximum atomic E-state index is 3.63. The fraction of sp³-hybridized carbons (Fsp3) is 0.368. The van der Waals surface area contributed by atoms with Gasteiger partial charge in [0.1, 0.15) is 0 Å². The highest BCUT2D eigenvalue weighted by Gasteiger charge is 2.15. The van der Waals surface area contributed by atoms with Crippen LogP contribution in [0, 0.1) is 13.8 Å². The zero-order valence-corrected chi connectivity index (χ0v) is 13.0. The molecule has 1 nitrogen and oxygen atoms in total. The van der Waals surface area contributed by atoms with Crippen molar-refractivity contribution < 1.29 is 0 Å². The Balaban J connectivity index is 2.47. The van der Waals surface area contributed by atoms with Crippen LogP contribution in [0.4, 0.5) is 0 Å². The number of benzene rings is 2. The lowest BCUT2D eigenvalue weighted by Gasteiger charge is -2.22. The van der Waals surface area contributed by atoms with Crippen molar-refractivity contribution in [3.8, 4) is 0 Å². The summed E-state index contributed by atoms with van der Waals surface area (Å²) >= 11 is 0. The van der Waals surface area contributed by atoms with Gasteiger partial charge in [0.05, 0.1) is 6.04 Å². The average Bonchev–Trinajstić information content (AvgIpc) is 2.48. The standard InChI is InChI=1S/C19H25N/c1-5-16-10-8-11-17(13-16)19(20-6-2)18-12-7-9-14(3)15(18)4/h7-13,19-20H,5-6H2,1-4H3. The smallest absolute Gasteiger partial charge is 0.0579 e. The van der Waals surface area contributed by atoms with E-state index < -0.39 is 0 Å². The van der Waals surface area contributed by atoms with E-state index in [1.807, 2.05) is 0 Å². The van der Waals surface area contributed by atoms with E-state index in [2.05, 4.69) is 75.5 Å². The molecule has 0 amide bonds. The normalized spacial score (nSPS) is 12.4. The minimum absolute atomic E-state index is 0.284. The molecule has 0 heterocycles. The first kappa shape index (κ1) is 14.8. The van der Waals surface area contributed by atoms with Crippen molar-refractivity contribution in [3.05, 3.63) is 70.3 Å². The average molecular weight is 267 g/mol. The molecule has 0 spiro atoms. The Morgan fingerprint density at radius 2 is 1.75 bits per heavy atom. The third-order valence-corrected chi connectivity index (χ3v) is 4.06. The largest absolute Gasteiger partial charge is 0.307 e. The lowest BCUT2D eigenvalue weighted by atomic mass is 9.91. The minimum Gasteiger partial charge on any atom is -0.307 e. The highest BCUT2D eigenvalue weighted by atomic mass is 14.9. The van der Waals surface area contributed by atoms with Crippen LogP contribution in [-0.2, 0) is 6.42 Å². The summed E-state index contributed by atoms with van der Waals surface area (Å²) in [7, 11) is 0. The van der Waals surface area contributed by atoms with E-state index in [1.165, 1.54) is 27.8 Å². The zero-order chi connectivity index (χ0) is 14.5. The molecule has 2 aromatic rings. The first-order chi connectivity index (χ1) is 9.67. The van der Waals surface area contributed by atoms with E-state index >= 15 is 0 Å². The molecule has 0 aliphatic heterocycles. The summed E-state index contributed by atoms with van der Waals surface area (Å²) in [4.78, 5) is 0. The van der Waals surface area contributed by atoms with Gasteiger partial charge in [-0.1, -0.05) is 56.3 Å². The van der Waals surface area contributed by atoms with Gasteiger partial charge < -0.3 is 5.32 Å². The van der Waals surface area contributed by atoms with E-state index in [1.54, 1.807) is 0 Å². The molecule has 1 atom stereocenters. The number of rotatable bonds is 5. The Bertz CT molecular complexity index is 572. The van der Waals surface area contributed by atoms with Crippen molar-refractivity contribution in [1.82, 2.24) is 5.32 Å².